The molecule has 0 spiro atoms. The number of hydrogen-bond acceptors (Lipinski definition) is 5. The van der Waals surface area contributed by atoms with Crippen LogP contribution in [0, 0.1) is 0 Å². The Morgan fingerprint density at radius 1 is 1.16 bits per heavy atom. The van der Waals surface area contributed by atoms with Crippen molar-refractivity contribution in [3.8, 4) is 0 Å². The lowest BCUT2D eigenvalue weighted by Gasteiger charge is -2.09. The van der Waals surface area contributed by atoms with Gasteiger partial charge in [0.2, 0.25) is 0 Å². The van der Waals surface area contributed by atoms with Gasteiger partial charge in [-0.05, 0) is 12.1 Å². The molecule has 19 heavy (non-hydrogen) atoms. The molecule has 0 aliphatic carbocycles. The van der Waals surface area contributed by atoms with Crippen molar-refractivity contribution in [2.45, 2.75) is 0 Å². The first-order chi connectivity index (χ1) is 9.22. The molecule has 6 heteroatoms. The molecule has 2 aromatic rings. The SMILES string of the molecule is COC(=O)c1ccccc1NC(=O)c1cncnc1. The molecule has 0 fully saturated rings. The third kappa shape index (κ3) is 2.92. The molecule has 1 amide bonds. The van der Waals surface area contributed by atoms with E-state index in [4.69, 9.17) is 0 Å². The van der Waals surface area contributed by atoms with Crippen molar-refractivity contribution in [2.24, 2.45) is 0 Å². The van der Waals surface area contributed by atoms with E-state index in [2.05, 4.69) is 20.0 Å². The minimum absolute atomic E-state index is 0.287. The number of amides is 1. The number of nitrogens with zero attached hydrogens (tertiary/aromatic N) is 2. The van der Waals surface area contributed by atoms with E-state index in [0.29, 0.717) is 11.3 Å². The van der Waals surface area contributed by atoms with Crippen molar-refractivity contribution in [3.05, 3.63) is 54.1 Å². The van der Waals surface area contributed by atoms with Crippen LogP contribution < -0.4 is 5.32 Å². The second-order valence-electron chi connectivity index (χ2n) is 3.62. The Hall–Kier alpha value is -2.76. The minimum Gasteiger partial charge on any atom is -0.465 e. The Morgan fingerprint density at radius 2 is 1.84 bits per heavy atom. The summed E-state index contributed by atoms with van der Waals surface area (Å²) in [6, 6.07) is 6.59. The van der Waals surface area contributed by atoms with E-state index in [1.165, 1.54) is 25.8 Å². The average Bonchev–Trinajstić information content (AvgIpc) is 2.48. The number of benzene rings is 1. The van der Waals surface area contributed by atoms with E-state index >= 15 is 0 Å². The quantitative estimate of drug-likeness (QED) is 0.843. The average molecular weight is 257 g/mol. The molecule has 96 valence electrons. The zero-order valence-corrected chi connectivity index (χ0v) is 10.2. The topological polar surface area (TPSA) is 81.2 Å². The lowest BCUT2D eigenvalue weighted by atomic mass is 10.1. The van der Waals surface area contributed by atoms with E-state index < -0.39 is 11.9 Å². The van der Waals surface area contributed by atoms with Gasteiger partial charge in [0.1, 0.15) is 6.33 Å². The molecular weight excluding hydrogens is 246 g/mol. The standard InChI is InChI=1S/C13H11N3O3/c1-19-13(18)10-4-2-3-5-11(10)16-12(17)9-6-14-8-15-7-9/h2-8H,1H3,(H,16,17). The molecule has 1 heterocycles. The van der Waals surface area contributed by atoms with Crippen LogP contribution in [0.3, 0.4) is 0 Å². The predicted molar refractivity (Wildman–Crippen MR) is 67.8 cm³/mol. The highest BCUT2D eigenvalue weighted by Crippen LogP contribution is 2.16. The van der Waals surface area contributed by atoms with Gasteiger partial charge in [-0.3, -0.25) is 4.79 Å². The lowest BCUT2D eigenvalue weighted by Crippen LogP contribution is -2.15. The molecule has 0 unspecified atom stereocenters. The smallest absolute Gasteiger partial charge is 0.339 e. The molecule has 0 aliphatic heterocycles. The number of para-hydroxylation sites is 1. The van der Waals surface area contributed by atoms with E-state index in [9.17, 15) is 9.59 Å². The van der Waals surface area contributed by atoms with E-state index in [-0.39, 0.29) is 5.56 Å². The number of aromatic nitrogens is 2. The summed E-state index contributed by atoms with van der Waals surface area (Å²) < 4.78 is 4.65. The maximum atomic E-state index is 11.9. The summed E-state index contributed by atoms with van der Waals surface area (Å²) in [5.41, 5.74) is 0.973. The third-order valence-corrected chi connectivity index (χ3v) is 2.40. The maximum absolute atomic E-state index is 11.9. The first-order valence-electron chi connectivity index (χ1n) is 5.46. The first-order valence-corrected chi connectivity index (χ1v) is 5.46. The minimum atomic E-state index is -0.514. The maximum Gasteiger partial charge on any atom is 0.339 e. The van der Waals surface area contributed by atoms with Crippen LogP contribution in [-0.4, -0.2) is 29.0 Å². The Bertz CT molecular complexity index is 599. The van der Waals surface area contributed by atoms with Gasteiger partial charge in [-0.2, -0.15) is 0 Å². The molecule has 0 saturated heterocycles. The summed E-state index contributed by atoms with van der Waals surface area (Å²) in [5.74, 6) is -0.905. The number of anilines is 1. The molecule has 0 bridgehead atoms. The summed E-state index contributed by atoms with van der Waals surface area (Å²) in [4.78, 5) is 31.0. The second-order valence-corrected chi connectivity index (χ2v) is 3.62. The fourth-order valence-electron chi connectivity index (χ4n) is 1.49. The van der Waals surface area contributed by atoms with Gasteiger partial charge in [-0.1, -0.05) is 12.1 Å². The van der Waals surface area contributed by atoms with Gasteiger partial charge in [-0.25, -0.2) is 14.8 Å². The molecule has 0 radical (unpaired) electrons. The van der Waals surface area contributed by atoms with Crippen LogP contribution >= 0.6 is 0 Å². The second kappa shape index (κ2) is 5.72. The number of carbonyl (C=O) groups is 2. The highest BCUT2D eigenvalue weighted by Gasteiger charge is 2.14. The van der Waals surface area contributed by atoms with Gasteiger partial charge in [0, 0.05) is 12.4 Å². The van der Waals surface area contributed by atoms with E-state index in [1.54, 1.807) is 24.3 Å². The number of methoxy groups -OCH3 is 1. The van der Waals surface area contributed by atoms with Gasteiger partial charge in [-0.15, -0.1) is 0 Å². The van der Waals surface area contributed by atoms with Crippen molar-refractivity contribution in [1.82, 2.24) is 9.97 Å². The molecule has 0 aliphatic rings. The van der Waals surface area contributed by atoms with Crippen LogP contribution in [0.15, 0.2) is 43.0 Å². The normalized spacial score (nSPS) is 9.74. The van der Waals surface area contributed by atoms with Gasteiger partial charge in [0.05, 0.1) is 23.9 Å². The monoisotopic (exact) mass is 257 g/mol. The third-order valence-electron chi connectivity index (χ3n) is 2.40. The largest absolute Gasteiger partial charge is 0.465 e. The van der Waals surface area contributed by atoms with Crippen LogP contribution in [0.4, 0.5) is 5.69 Å². The number of rotatable bonds is 3. The summed E-state index contributed by atoms with van der Waals surface area (Å²) >= 11 is 0. The highest BCUT2D eigenvalue weighted by atomic mass is 16.5. The van der Waals surface area contributed by atoms with Gasteiger partial charge in [0.15, 0.2) is 0 Å². The number of nitrogens with one attached hydrogen (secondary N) is 1. The van der Waals surface area contributed by atoms with Crippen LogP contribution in [0.25, 0.3) is 0 Å². The zero-order valence-electron chi connectivity index (χ0n) is 10.2. The number of ether oxygens (including phenoxy) is 1. The number of carbonyl (C=O) groups excluding carboxylic acids is 2. The predicted octanol–water partition coefficient (Wildman–Crippen LogP) is 1.52. The van der Waals surface area contributed by atoms with E-state index in [0.717, 1.165) is 0 Å². The van der Waals surface area contributed by atoms with Gasteiger partial charge in [0.25, 0.3) is 5.91 Å². The van der Waals surface area contributed by atoms with Crippen molar-refractivity contribution >= 4 is 17.6 Å². The highest BCUT2D eigenvalue weighted by molar-refractivity contribution is 6.07. The van der Waals surface area contributed by atoms with Crippen molar-refractivity contribution < 1.29 is 14.3 Å². The van der Waals surface area contributed by atoms with Crippen molar-refractivity contribution in [1.29, 1.82) is 0 Å². The first kappa shape index (κ1) is 12.7. The number of esters is 1. The van der Waals surface area contributed by atoms with Gasteiger partial charge >= 0.3 is 5.97 Å². The fourth-order valence-corrected chi connectivity index (χ4v) is 1.49. The Kier molecular flexibility index (Phi) is 3.82. The number of hydrogen-bond donors (Lipinski definition) is 1. The summed E-state index contributed by atoms with van der Waals surface area (Å²) in [5, 5.41) is 2.62. The molecular formula is C13H11N3O3. The molecule has 1 N–H and O–H groups in total. The molecule has 1 aromatic heterocycles. The molecule has 0 saturated carbocycles. The summed E-state index contributed by atoms with van der Waals surface area (Å²) in [6.45, 7) is 0. The van der Waals surface area contributed by atoms with Crippen molar-refractivity contribution in [2.75, 3.05) is 12.4 Å². The fraction of sp³-hybridized carbons (Fsp3) is 0.0769. The Labute approximate surface area is 109 Å². The van der Waals surface area contributed by atoms with E-state index in [1.807, 2.05) is 0 Å². The Morgan fingerprint density at radius 3 is 2.53 bits per heavy atom. The summed E-state index contributed by atoms with van der Waals surface area (Å²) in [7, 11) is 1.28. The lowest BCUT2D eigenvalue weighted by molar-refractivity contribution is 0.0602. The molecule has 0 atom stereocenters. The molecule has 2 rings (SSSR count). The molecule has 1 aromatic carbocycles. The van der Waals surface area contributed by atoms with Crippen LogP contribution in [-0.2, 0) is 4.74 Å². The molecule has 6 nitrogen and oxygen atoms in total. The zero-order chi connectivity index (χ0) is 13.7. The Balaban J connectivity index is 2.25. The van der Waals surface area contributed by atoms with Gasteiger partial charge < -0.3 is 10.1 Å². The van der Waals surface area contributed by atoms with Crippen LogP contribution in [0.1, 0.15) is 20.7 Å². The van der Waals surface area contributed by atoms with Crippen molar-refractivity contribution in [3.63, 3.8) is 0 Å². The van der Waals surface area contributed by atoms with Crippen LogP contribution in [0.2, 0.25) is 0 Å². The summed E-state index contributed by atoms with van der Waals surface area (Å²) in [6.07, 6.45) is 4.12. The van der Waals surface area contributed by atoms with Crippen LogP contribution in [0.5, 0.6) is 0 Å².